The first-order valence-electron chi connectivity index (χ1n) is 7.56. The molecule has 0 radical (unpaired) electrons. The summed E-state index contributed by atoms with van der Waals surface area (Å²) in [6, 6.07) is 9.68. The van der Waals surface area contributed by atoms with Crippen LogP contribution in [0.4, 0.5) is 0 Å². The monoisotopic (exact) mass is 317 g/mol. The molecule has 6 heteroatoms. The van der Waals surface area contributed by atoms with Gasteiger partial charge in [-0.2, -0.15) is 5.10 Å². The molecule has 0 atom stereocenters. The van der Waals surface area contributed by atoms with Crippen LogP contribution in [0.2, 0.25) is 0 Å². The summed E-state index contributed by atoms with van der Waals surface area (Å²) in [6.45, 7) is 0. The summed E-state index contributed by atoms with van der Waals surface area (Å²) in [6.07, 6.45) is 5.37. The molecule has 0 aliphatic carbocycles. The van der Waals surface area contributed by atoms with Crippen molar-refractivity contribution in [2.24, 2.45) is 7.05 Å². The van der Waals surface area contributed by atoms with Gasteiger partial charge >= 0.3 is 0 Å². The van der Waals surface area contributed by atoms with Crippen molar-refractivity contribution in [2.45, 2.75) is 0 Å². The van der Waals surface area contributed by atoms with Crippen molar-refractivity contribution in [1.29, 1.82) is 0 Å². The normalized spacial score (nSPS) is 11.1. The third-order valence-electron chi connectivity index (χ3n) is 4.12. The van der Waals surface area contributed by atoms with E-state index in [1.54, 1.807) is 25.5 Å². The second-order valence-electron chi connectivity index (χ2n) is 5.58. The number of rotatable bonds is 2. The number of carbonyl (C=O) groups is 1. The summed E-state index contributed by atoms with van der Waals surface area (Å²) in [5, 5.41) is 8.85. The van der Waals surface area contributed by atoms with Crippen LogP contribution in [0.3, 0.4) is 0 Å². The molecule has 0 spiro atoms. The largest absolute Gasteiger partial charge is 0.354 e. The van der Waals surface area contributed by atoms with Crippen LogP contribution >= 0.6 is 0 Å². The molecule has 0 saturated heterocycles. The van der Waals surface area contributed by atoms with E-state index >= 15 is 0 Å². The molecule has 6 nitrogen and oxygen atoms in total. The highest BCUT2D eigenvalue weighted by molar-refractivity contribution is 5.99. The summed E-state index contributed by atoms with van der Waals surface area (Å²) in [4.78, 5) is 20.7. The van der Waals surface area contributed by atoms with Crippen molar-refractivity contribution in [3.05, 3.63) is 54.6 Å². The minimum absolute atomic E-state index is 0.207. The molecule has 0 bridgehead atoms. The Bertz CT molecular complexity index is 1080. The molecule has 24 heavy (non-hydrogen) atoms. The van der Waals surface area contributed by atoms with Crippen LogP contribution in [-0.2, 0) is 7.05 Å². The van der Waals surface area contributed by atoms with Crippen LogP contribution in [0.15, 0.2) is 48.9 Å². The Morgan fingerprint density at radius 2 is 1.92 bits per heavy atom. The topological polar surface area (TPSA) is 72.7 Å². The number of amides is 1. The third kappa shape index (κ3) is 2.20. The molecule has 0 aliphatic heterocycles. The van der Waals surface area contributed by atoms with E-state index in [1.807, 2.05) is 36.1 Å². The van der Waals surface area contributed by atoms with Crippen molar-refractivity contribution in [2.75, 3.05) is 7.05 Å². The van der Waals surface area contributed by atoms with E-state index in [0.717, 1.165) is 32.9 Å². The zero-order chi connectivity index (χ0) is 16.7. The van der Waals surface area contributed by atoms with Gasteiger partial charge in [0.25, 0.3) is 5.91 Å². The second kappa shape index (κ2) is 5.42. The predicted molar refractivity (Wildman–Crippen MR) is 92.6 cm³/mol. The van der Waals surface area contributed by atoms with Crippen molar-refractivity contribution in [1.82, 2.24) is 25.1 Å². The van der Waals surface area contributed by atoms with Gasteiger partial charge in [0.15, 0.2) is 0 Å². The maximum Gasteiger partial charge on any atom is 0.269 e. The summed E-state index contributed by atoms with van der Waals surface area (Å²) in [5.41, 5.74) is 4.06. The molecule has 1 aromatic carbocycles. The molecule has 0 unspecified atom stereocenters. The van der Waals surface area contributed by atoms with Gasteiger partial charge in [0.1, 0.15) is 5.69 Å². The molecule has 118 valence electrons. The van der Waals surface area contributed by atoms with Crippen LogP contribution in [0.5, 0.6) is 0 Å². The number of aromatic nitrogens is 4. The number of nitrogens with zero attached hydrogens (tertiary/aromatic N) is 4. The van der Waals surface area contributed by atoms with Crippen molar-refractivity contribution >= 4 is 27.7 Å². The van der Waals surface area contributed by atoms with Gasteiger partial charge in [-0.05, 0) is 23.8 Å². The van der Waals surface area contributed by atoms with Gasteiger partial charge in [-0.3, -0.25) is 14.5 Å². The van der Waals surface area contributed by atoms with E-state index in [9.17, 15) is 4.79 Å². The number of hydrogen-bond acceptors (Lipinski definition) is 4. The van der Waals surface area contributed by atoms with Gasteiger partial charge in [0.2, 0.25) is 0 Å². The van der Waals surface area contributed by atoms with Gasteiger partial charge in [-0.25, -0.2) is 4.98 Å². The summed E-state index contributed by atoms with van der Waals surface area (Å²) < 4.78 is 1.83. The highest BCUT2D eigenvalue weighted by Crippen LogP contribution is 2.29. The lowest BCUT2D eigenvalue weighted by molar-refractivity contribution is 0.0958. The Labute approximate surface area is 138 Å². The van der Waals surface area contributed by atoms with Crippen molar-refractivity contribution < 1.29 is 4.79 Å². The first kappa shape index (κ1) is 14.3. The lowest BCUT2D eigenvalue weighted by atomic mass is 10.0. The number of hydrogen-bond donors (Lipinski definition) is 1. The zero-order valence-electron chi connectivity index (χ0n) is 13.3. The number of aryl methyl sites for hydroxylation is 1. The summed E-state index contributed by atoms with van der Waals surface area (Å²) in [7, 11) is 3.51. The van der Waals surface area contributed by atoms with Crippen molar-refractivity contribution in [3.8, 4) is 11.1 Å². The molecule has 0 fully saturated rings. The van der Waals surface area contributed by atoms with Crippen LogP contribution in [-0.4, -0.2) is 32.7 Å². The molecule has 3 heterocycles. The molecule has 0 aliphatic rings. The zero-order valence-corrected chi connectivity index (χ0v) is 13.3. The average Bonchev–Trinajstić information content (AvgIpc) is 3.00. The number of carbonyl (C=O) groups excluding carboxylic acids is 1. The van der Waals surface area contributed by atoms with E-state index < -0.39 is 0 Å². The highest BCUT2D eigenvalue weighted by Gasteiger charge is 2.11. The van der Waals surface area contributed by atoms with Gasteiger partial charge in [0, 0.05) is 42.8 Å². The fourth-order valence-electron chi connectivity index (χ4n) is 2.82. The van der Waals surface area contributed by atoms with Crippen LogP contribution in [0.25, 0.3) is 32.9 Å². The molecular weight excluding hydrogens is 302 g/mol. The molecule has 1 N–H and O–H groups in total. The Hall–Kier alpha value is -3.28. The third-order valence-corrected chi connectivity index (χ3v) is 4.12. The van der Waals surface area contributed by atoms with Gasteiger partial charge in [-0.15, -0.1) is 0 Å². The van der Waals surface area contributed by atoms with Crippen LogP contribution in [0, 0.1) is 0 Å². The quantitative estimate of drug-likeness (QED) is 0.616. The Balaban J connectivity index is 1.96. The molecule has 3 aromatic heterocycles. The minimum Gasteiger partial charge on any atom is -0.354 e. The standard InChI is InChI=1S/C18H15N5O/c1-19-18(24)15-6-5-13-8-20-10-14(17(13)22-15)11-3-4-12-9-21-23(2)16(12)7-11/h3-10H,1-2H3,(H,19,24). The molecule has 4 aromatic rings. The van der Waals surface area contributed by atoms with Crippen LogP contribution < -0.4 is 5.32 Å². The fraction of sp³-hybridized carbons (Fsp3) is 0.111. The van der Waals surface area contributed by atoms with E-state index in [-0.39, 0.29) is 5.91 Å². The average molecular weight is 317 g/mol. The van der Waals surface area contributed by atoms with Crippen LogP contribution in [0.1, 0.15) is 10.5 Å². The smallest absolute Gasteiger partial charge is 0.269 e. The maximum absolute atomic E-state index is 11.9. The highest BCUT2D eigenvalue weighted by atomic mass is 16.1. The van der Waals surface area contributed by atoms with Gasteiger partial charge < -0.3 is 5.32 Å². The van der Waals surface area contributed by atoms with E-state index in [4.69, 9.17) is 0 Å². The van der Waals surface area contributed by atoms with Crippen molar-refractivity contribution in [3.63, 3.8) is 0 Å². The van der Waals surface area contributed by atoms with E-state index in [2.05, 4.69) is 26.4 Å². The fourth-order valence-corrected chi connectivity index (χ4v) is 2.82. The first-order chi connectivity index (χ1) is 11.7. The van der Waals surface area contributed by atoms with E-state index in [0.29, 0.717) is 5.69 Å². The number of pyridine rings is 2. The summed E-state index contributed by atoms with van der Waals surface area (Å²) >= 11 is 0. The Morgan fingerprint density at radius 3 is 2.75 bits per heavy atom. The summed E-state index contributed by atoms with van der Waals surface area (Å²) in [5.74, 6) is -0.207. The number of nitrogens with one attached hydrogen (secondary N) is 1. The lowest BCUT2D eigenvalue weighted by Gasteiger charge is -2.08. The number of benzene rings is 1. The Kier molecular flexibility index (Phi) is 3.23. The molecule has 4 rings (SSSR count). The molecular formula is C18H15N5O. The molecule has 0 saturated carbocycles. The SMILES string of the molecule is CNC(=O)c1ccc2cncc(-c3ccc4cnn(C)c4c3)c2n1. The second-order valence-corrected chi connectivity index (χ2v) is 5.58. The van der Waals surface area contributed by atoms with Gasteiger partial charge in [0.05, 0.1) is 17.2 Å². The number of fused-ring (bicyclic) bond motifs is 2. The van der Waals surface area contributed by atoms with E-state index in [1.165, 1.54) is 0 Å². The lowest BCUT2D eigenvalue weighted by Crippen LogP contribution is -2.19. The first-order valence-corrected chi connectivity index (χ1v) is 7.56. The Morgan fingerprint density at radius 1 is 1.08 bits per heavy atom. The van der Waals surface area contributed by atoms with Gasteiger partial charge in [-0.1, -0.05) is 12.1 Å². The predicted octanol–water partition coefficient (Wildman–Crippen LogP) is 2.54. The molecule has 1 amide bonds. The minimum atomic E-state index is -0.207. The maximum atomic E-state index is 11.9.